The van der Waals surface area contributed by atoms with Crippen LogP contribution < -0.4 is 5.32 Å². The Labute approximate surface area is 131 Å². The number of hydrogen-bond acceptors (Lipinski definition) is 3. The van der Waals surface area contributed by atoms with Gasteiger partial charge in [0.25, 0.3) is 0 Å². The summed E-state index contributed by atoms with van der Waals surface area (Å²) in [5.41, 5.74) is 1.05. The van der Waals surface area contributed by atoms with Crippen molar-refractivity contribution >= 4 is 33.0 Å². The standard InChI is InChI=1S/C16H14ClFN2S/c1-19-14(6-10-4-5-20-9-13(10)17)16-7-11-2-3-12(18)8-15(11)21-16/h2-5,7-9,14,19H,6H2,1H3. The molecule has 3 aromatic rings. The lowest BCUT2D eigenvalue weighted by Gasteiger charge is -2.15. The molecule has 0 aliphatic rings. The van der Waals surface area contributed by atoms with E-state index in [-0.39, 0.29) is 11.9 Å². The lowest BCUT2D eigenvalue weighted by atomic mass is 10.1. The van der Waals surface area contributed by atoms with E-state index in [4.69, 9.17) is 11.6 Å². The number of fused-ring (bicyclic) bond motifs is 1. The van der Waals surface area contributed by atoms with E-state index in [9.17, 15) is 4.39 Å². The molecule has 21 heavy (non-hydrogen) atoms. The average Bonchev–Trinajstić information content (AvgIpc) is 2.89. The number of nitrogens with zero attached hydrogens (tertiary/aromatic N) is 1. The first kappa shape index (κ1) is 14.4. The Morgan fingerprint density at radius 2 is 2.19 bits per heavy atom. The zero-order valence-corrected chi connectivity index (χ0v) is 13.0. The fraction of sp³-hybridized carbons (Fsp3) is 0.188. The third-order valence-corrected chi connectivity index (χ3v) is 5.03. The smallest absolute Gasteiger partial charge is 0.124 e. The van der Waals surface area contributed by atoms with Crippen LogP contribution in [-0.4, -0.2) is 12.0 Å². The van der Waals surface area contributed by atoms with E-state index >= 15 is 0 Å². The van der Waals surface area contributed by atoms with E-state index in [1.807, 2.05) is 19.2 Å². The van der Waals surface area contributed by atoms with Crippen molar-refractivity contribution in [1.82, 2.24) is 10.3 Å². The maximum atomic E-state index is 13.3. The number of hydrogen-bond donors (Lipinski definition) is 1. The van der Waals surface area contributed by atoms with Crippen LogP contribution in [-0.2, 0) is 6.42 Å². The van der Waals surface area contributed by atoms with E-state index in [0.717, 1.165) is 22.1 Å². The van der Waals surface area contributed by atoms with Gasteiger partial charge >= 0.3 is 0 Å². The maximum Gasteiger partial charge on any atom is 0.124 e. The van der Waals surface area contributed by atoms with Gasteiger partial charge in [0.15, 0.2) is 0 Å². The Morgan fingerprint density at radius 3 is 2.95 bits per heavy atom. The van der Waals surface area contributed by atoms with Crippen LogP contribution >= 0.6 is 22.9 Å². The van der Waals surface area contributed by atoms with Gasteiger partial charge in [-0.3, -0.25) is 4.98 Å². The predicted octanol–water partition coefficient (Wildman–Crippen LogP) is 4.59. The first-order chi connectivity index (χ1) is 10.2. The summed E-state index contributed by atoms with van der Waals surface area (Å²) in [7, 11) is 1.92. The molecule has 0 aliphatic carbocycles. The second-order valence-electron chi connectivity index (χ2n) is 4.84. The van der Waals surface area contributed by atoms with Crippen molar-refractivity contribution in [3.8, 4) is 0 Å². The van der Waals surface area contributed by atoms with Crippen LogP contribution in [0.3, 0.4) is 0 Å². The average molecular weight is 321 g/mol. The summed E-state index contributed by atoms with van der Waals surface area (Å²) in [6, 6.07) is 9.07. The molecule has 108 valence electrons. The van der Waals surface area contributed by atoms with Gasteiger partial charge in [0.2, 0.25) is 0 Å². The van der Waals surface area contributed by atoms with Gasteiger partial charge in [-0.1, -0.05) is 17.7 Å². The Hall–Kier alpha value is -1.49. The van der Waals surface area contributed by atoms with E-state index in [1.54, 1.807) is 29.8 Å². The van der Waals surface area contributed by atoms with Gasteiger partial charge in [0, 0.05) is 28.0 Å². The largest absolute Gasteiger partial charge is 0.312 e. The number of rotatable bonds is 4. The quantitative estimate of drug-likeness (QED) is 0.760. The Morgan fingerprint density at radius 1 is 1.33 bits per heavy atom. The molecular weight excluding hydrogens is 307 g/mol. The van der Waals surface area contributed by atoms with Gasteiger partial charge < -0.3 is 5.32 Å². The van der Waals surface area contributed by atoms with E-state index in [0.29, 0.717) is 5.02 Å². The fourth-order valence-electron chi connectivity index (χ4n) is 2.33. The van der Waals surface area contributed by atoms with Crippen LogP contribution in [0.25, 0.3) is 10.1 Å². The molecular formula is C16H14ClFN2S. The molecule has 2 aromatic heterocycles. The lowest BCUT2D eigenvalue weighted by molar-refractivity contribution is 0.602. The molecule has 5 heteroatoms. The molecule has 0 amide bonds. The Balaban J connectivity index is 1.93. The molecule has 0 radical (unpaired) electrons. The monoisotopic (exact) mass is 320 g/mol. The third-order valence-electron chi connectivity index (χ3n) is 3.47. The molecule has 1 atom stereocenters. The first-order valence-electron chi connectivity index (χ1n) is 6.62. The predicted molar refractivity (Wildman–Crippen MR) is 86.5 cm³/mol. The summed E-state index contributed by atoms with van der Waals surface area (Å²) in [6.07, 6.45) is 4.17. The summed E-state index contributed by atoms with van der Waals surface area (Å²) in [5, 5.41) is 5.05. The summed E-state index contributed by atoms with van der Waals surface area (Å²) in [4.78, 5) is 5.18. The van der Waals surface area contributed by atoms with Crippen LogP contribution in [0.15, 0.2) is 42.7 Å². The van der Waals surface area contributed by atoms with Crippen molar-refractivity contribution in [3.05, 3.63) is 64.0 Å². The van der Waals surface area contributed by atoms with E-state index in [1.165, 1.54) is 10.9 Å². The van der Waals surface area contributed by atoms with Crippen molar-refractivity contribution in [2.75, 3.05) is 7.05 Å². The Bertz CT molecular complexity index is 772. The molecule has 0 spiro atoms. The van der Waals surface area contributed by atoms with Crippen LogP contribution in [0.2, 0.25) is 5.02 Å². The fourth-order valence-corrected chi connectivity index (χ4v) is 3.73. The minimum Gasteiger partial charge on any atom is -0.312 e. The van der Waals surface area contributed by atoms with Gasteiger partial charge in [-0.05, 0) is 48.7 Å². The number of nitrogens with one attached hydrogen (secondary N) is 1. The van der Waals surface area contributed by atoms with Crippen molar-refractivity contribution in [2.45, 2.75) is 12.5 Å². The zero-order chi connectivity index (χ0) is 14.8. The van der Waals surface area contributed by atoms with E-state index < -0.39 is 0 Å². The minimum atomic E-state index is -0.200. The molecule has 0 aliphatic heterocycles. The highest BCUT2D eigenvalue weighted by Crippen LogP contribution is 2.32. The SMILES string of the molecule is CNC(Cc1ccncc1Cl)c1cc2ccc(F)cc2s1. The highest BCUT2D eigenvalue weighted by molar-refractivity contribution is 7.19. The molecule has 0 bridgehead atoms. The molecule has 2 heterocycles. The summed E-state index contributed by atoms with van der Waals surface area (Å²) in [6.45, 7) is 0. The Kier molecular flexibility index (Phi) is 4.19. The van der Waals surface area contributed by atoms with Gasteiger partial charge in [-0.25, -0.2) is 4.39 Å². The summed E-state index contributed by atoms with van der Waals surface area (Å²) >= 11 is 7.78. The third kappa shape index (κ3) is 3.07. The maximum absolute atomic E-state index is 13.3. The zero-order valence-electron chi connectivity index (χ0n) is 11.4. The van der Waals surface area contributed by atoms with Crippen molar-refractivity contribution in [3.63, 3.8) is 0 Å². The number of benzene rings is 1. The number of thiophene rings is 1. The molecule has 1 unspecified atom stereocenters. The van der Waals surface area contributed by atoms with Crippen molar-refractivity contribution in [2.24, 2.45) is 0 Å². The topological polar surface area (TPSA) is 24.9 Å². The number of pyridine rings is 1. The molecule has 1 N–H and O–H groups in total. The molecule has 2 nitrogen and oxygen atoms in total. The van der Waals surface area contributed by atoms with Crippen molar-refractivity contribution in [1.29, 1.82) is 0 Å². The molecule has 0 saturated heterocycles. The van der Waals surface area contributed by atoms with E-state index in [2.05, 4.69) is 16.4 Å². The first-order valence-corrected chi connectivity index (χ1v) is 7.81. The molecule has 1 aromatic carbocycles. The number of halogens is 2. The van der Waals surface area contributed by atoms with Gasteiger partial charge in [-0.2, -0.15) is 0 Å². The van der Waals surface area contributed by atoms with Gasteiger partial charge in [0.05, 0.1) is 5.02 Å². The number of likely N-dealkylation sites (N-methyl/N-ethyl adjacent to an activating group) is 1. The lowest BCUT2D eigenvalue weighted by Crippen LogP contribution is -2.17. The highest BCUT2D eigenvalue weighted by atomic mass is 35.5. The second kappa shape index (κ2) is 6.10. The molecule has 0 saturated carbocycles. The summed E-state index contributed by atoms with van der Waals surface area (Å²) < 4.78 is 14.3. The summed E-state index contributed by atoms with van der Waals surface area (Å²) in [5.74, 6) is -0.200. The van der Waals surface area contributed by atoms with Crippen molar-refractivity contribution < 1.29 is 4.39 Å². The molecule has 0 fully saturated rings. The second-order valence-corrected chi connectivity index (χ2v) is 6.37. The minimum absolute atomic E-state index is 0.144. The van der Waals surface area contributed by atoms with Gasteiger partial charge in [-0.15, -0.1) is 11.3 Å². The van der Waals surface area contributed by atoms with Crippen LogP contribution in [0.4, 0.5) is 4.39 Å². The van der Waals surface area contributed by atoms with Crippen LogP contribution in [0, 0.1) is 5.82 Å². The van der Waals surface area contributed by atoms with Crippen LogP contribution in [0.5, 0.6) is 0 Å². The highest BCUT2D eigenvalue weighted by Gasteiger charge is 2.15. The number of aromatic nitrogens is 1. The van der Waals surface area contributed by atoms with Gasteiger partial charge in [0.1, 0.15) is 5.82 Å². The normalized spacial score (nSPS) is 12.7. The molecule has 3 rings (SSSR count). The van der Waals surface area contributed by atoms with Crippen LogP contribution in [0.1, 0.15) is 16.5 Å².